The molecule has 0 bridgehead atoms. The Labute approximate surface area is 169 Å². The molecule has 0 saturated carbocycles. The number of Topliss-reactive ketones (excluding diaryl/α,β-unsaturated/α-hetero) is 1. The van der Waals surface area contributed by atoms with Gasteiger partial charge in [-0.25, -0.2) is 0 Å². The van der Waals surface area contributed by atoms with Crippen LogP contribution >= 0.6 is 11.6 Å². The van der Waals surface area contributed by atoms with Crippen LogP contribution < -0.4 is 9.64 Å². The second kappa shape index (κ2) is 7.68. The summed E-state index contributed by atoms with van der Waals surface area (Å²) in [6.07, 6.45) is 0. The molecule has 1 amide bonds. The summed E-state index contributed by atoms with van der Waals surface area (Å²) in [5.41, 5.74) is 2.12. The van der Waals surface area contributed by atoms with Gasteiger partial charge in [0.25, 0.3) is 5.91 Å². The molecule has 0 fully saturated rings. The van der Waals surface area contributed by atoms with Gasteiger partial charge < -0.3 is 9.84 Å². The highest BCUT2D eigenvalue weighted by Gasteiger charge is 2.44. The standard InChI is InChI=1S/C22H22ClNO4/c1-12(2)20(25)18-19(14-6-5-7-16(10-14)28-4)24(22(27)21(18)26)15-9-8-13(3)17(23)11-15/h5-12,19,26H,1-4H3. The molecule has 146 valence electrons. The molecule has 28 heavy (non-hydrogen) atoms. The van der Waals surface area contributed by atoms with Gasteiger partial charge in [0.2, 0.25) is 0 Å². The maximum absolute atomic E-state index is 13.0. The third-order valence-electron chi connectivity index (χ3n) is 4.84. The molecule has 0 aliphatic carbocycles. The Morgan fingerprint density at radius 2 is 1.93 bits per heavy atom. The van der Waals surface area contributed by atoms with E-state index in [1.165, 1.54) is 4.90 Å². The Hall–Kier alpha value is -2.79. The van der Waals surface area contributed by atoms with Crippen molar-refractivity contribution >= 4 is 29.0 Å². The van der Waals surface area contributed by atoms with Gasteiger partial charge in [0, 0.05) is 16.6 Å². The molecule has 1 aliphatic heterocycles. The number of anilines is 1. The third kappa shape index (κ3) is 3.38. The molecule has 1 N–H and O–H groups in total. The number of aliphatic hydroxyl groups excluding tert-OH is 1. The van der Waals surface area contributed by atoms with E-state index in [9.17, 15) is 14.7 Å². The lowest BCUT2D eigenvalue weighted by Gasteiger charge is -2.28. The number of methoxy groups -OCH3 is 1. The largest absolute Gasteiger partial charge is 0.503 e. The van der Waals surface area contributed by atoms with Crippen LogP contribution in [0.1, 0.15) is 31.0 Å². The summed E-state index contributed by atoms with van der Waals surface area (Å²) in [6.45, 7) is 5.34. The Morgan fingerprint density at radius 1 is 1.21 bits per heavy atom. The van der Waals surface area contributed by atoms with Crippen LogP contribution in [0.5, 0.6) is 5.75 Å². The van der Waals surface area contributed by atoms with E-state index < -0.39 is 17.7 Å². The van der Waals surface area contributed by atoms with Crippen molar-refractivity contribution in [1.29, 1.82) is 0 Å². The van der Waals surface area contributed by atoms with Gasteiger partial charge in [0.1, 0.15) is 5.75 Å². The first kappa shape index (κ1) is 20.0. The topological polar surface area (TPSA) is 66.8 Å². The molecule has 2 aromatic rings. The molecule has 2 aromatic carbocycles. The first-order chi connectivity index (χ1) is 13.3. The van der Waals surface area contributed by atoms with Crippen LogP contribution in [0, 0.1) is 12.8 Å². The molecule has 1 aliphatic rings. The van der Waals surface area contributed by atoms with Crippen molar-refractivity contribution in [2.45, 2.75) is 26.8 Å². The predicted octanol–water partition coefficient (Wildman–Crippen LogP) is 4.78. The van der Waals surface area contributed by atoms with Crippen molar-refractivity contribution in [2.75, 3.05) is 12.0 Å². The average molecular weight is 400 g/mol. The molecule has 0 radical (unpaired) electrons. The number of hydrogen-bond donors (Lipinski definition) is 1. The maximum Gasteiger partial charge on any atom is 0.294 e. The first-order valence-corrected chi connectivity index (χ1v) is 9.35. The van der Waals surface area contributed by atoms with E-state index in [0.717, 1.165) is 5.56 Å². The summed E-state index contributed by atoms with van der Waals surface area (Å²) >= 11 is 6.27. The fourth-order valence-corrected chi connectivity index (χ4v) is 3.47. The lowest BCUT2D eigenvalue weighted by atomic mass is 9.91. The summed E-state index contributed by atoms with van der Waals surface area (Å²) in [4.78, 5) is 27.3. The monoisotopic (exact) mass is 399 g/mol. The molecule has 1 atom stereocenters. The lowest BCUT2D eigenvalue weighted by molar-refractivity contribution is -0.119. The SMILES string of the molecule is COc1cccc(C2C(C(=O)C(C)C)=C(O)C(=O)N2c2ccc(C)c(Cl)c2)c1. The highest BCUT2D eigenvalue weighted by Crippen LogP contribution is 2.43. The lowest BCUT2D eigenvalue weighted by Crippen LogP contribution is -2.31. The van der Waals surface area contributed by atoms with Gasteiger partial charge >= 0.3 is 0 Å². The van der Waals surface area contributed by atoms with Crippen LogP contribution in [-0.2, 0) is 9.59 Å². The minimum Gasteiger partial charge on any atom is -0.503 e. The second-order valence-electron chi connectivity index (χ2n) is 7.07. The summed E-state index contributed by atoms with van der Waals surface area (Å²) < 4.78 is 5.30. The molecule has 5 nitrogen and oxygen atoms in total. The summed E-state index contributed by atoms with van der Waals surface area (Å²) in [7, 11) is 1.55. The Balaban J connectivity index is 2.21. The van der Waals surface area contributed by atoms with Crippen LogP contribution in [0.2, 0.25) is 5.02 Å². The zero-order valence-electron chi connectivity index (χ0n) is 16.2. The van der Waals surface area contributed by atoms with E-state index in [2.05, 4.69) is 0 Å². The van der Waals surface area contributed by atoms with E-state index in [-0.39, 0.29) is 17.3 Å². The Bertz CT molecular complexity index is 980. The van der Waals surface area contributed by atoms with E-state index in [4.69, 9.17) is 16.3 Å². The van der Waals surface area contributed by atoms with Gasteiger partial charge in [-0.15, -0.1) is 0 Å². The zero-order valence-corrected chi connectivity index (χ0v) is 16.9. The van der Waals surface area contributed by atoms with Crippen molar-refractivity contribution in [2.24, 2.45) is 5.92 Å². The number of carbonyl (C=O) groups excluding carboxylic acids is 2. The number of aliphatic hydroxyl groups is 1. The van der Waals surface area contributed by atoms with Crippen molar-refractivity contribution in [3.63, 3.8) is 0 Å². The van der Waals surface area contributed by atoms with E-state index in [1.807, 2.05) is 6.92 Å². The minimum atomic E-state index is -0.767. The Morgan fingerprint density at radius 3 is 2.54 bits per heavy atom. The molecule has 1 unspecified atom stereocenters. The quantitative estimate of drug-likeness (QED) is 0.785. The third-order valence-corrected chi connectivity index (χ3v) is 5.25. The minimum absolute atomic E-state index is 0.0879. The summed E-state index contributed by atoms with van der Waals surface area (Å²) in [5, 5.41) is 11.1. The number of amides is 1. The van der Waals surface area contributed by atoms with E-state index in [1.54, 1.807) is 63.4 Å². The van der Waals surface area contributed by atoms with Gasteiger partial charge in [-0.2, -0.15) is 0 Å². The molecular weight excluding hydrogens is 378 g/mol. The maximum atomic E-state index is 13.0. The molecule has 3 rings (SSSR count). The number of carbonyl (C=O) groups is 2. The van der Waals surface area contributed by atoms with Gasteiger partial charge in [-0.05, 0) is 42.3 Å². The molecule has 6 heteroatoms. The van der Waals surface area contributed by atoms with E-state index >= 15 is 0 Å². The Kier molecular flexibility index (Phi) is 5.47. The van der Waals surface area contributed by atoms with Gasteiger partial charge in [0.05, 0.1) is 18.7 Å². The fourth-order valence-electron chi connectivity index (χ4n) is 3.29. The van der Waals surface area contributed by atoms with Crippen molar-refractivity contribution < 1.29 is 19.4 Å². The van der Waals surface area contributed by atoms with Crippen LogP contribution in [0.25, 0.3) is 0 Å². The van der Waals surface area contributed by atoms with Gasteiger partial charge in [-0.3, -0.25) is 14.5 Å². The van der Waals surface area contributed by atoms with Crippen LogP contribution in [0.3, 0.4) is 0 Å². The zero-order chi connectivity index (χ0) is 20.6. The number of hydrogen-bond acceptors (Lipinski definition) is 4. The summed E-state index contributed by atoms with van der Waals surface area (Å²) in [6, 6.07) is 11.6. The fraction of sp³-hybridized carbons (Fsp3) is 0.273. The average Bonchev–Trinajstić information content (AvgIpc) is 2.94. The van der Waals surface area contributed by atoms with Crippen molar-refractivity contribution in [1.82, 2.24) is 0 Å². The highest BCUT2D eigenvalue weighted by atomic mass is 35.5. The van der Waals surface area contributed by atoms with Crippen LogP contribution in [-0.4, -0.2) is 23.9 Å². The van der Waals surface area contributed by atoms with E-state index in [0.29, 0.717) is 22.0 Å². The normalized spacial score (nSPS) is 16.9. The summed E-state index contributed by atoms with van der Waals surface area (Å²) in [5.74, 6) is -1.21. The number of ether oxygens (including phenoxy) is 1. The van der Waals surface area contributed by atoms with Gasteiger partial charge in [-0.1, -0.05) is 43.6 Å². The van der Waals surface area contributed by atoms with Crippen molar-refractivity contribution in [3.05, 3.63) is 69.9 Å². The first-order valence-electron chi connectivity index (χ1n) is 8.97. The molecule has 0 spiro atoms. The van der Waals surface area contributed by atoms with Crippen LogP contribution in [0.15, 0.2) is 53.8 Å². The molecular formula is C22H22ClNO4. The smallest absolute Gasteiger partial charge is 0.294 e. The number of halogens is 1. The van der Waals surface area contributed by atoms with Gasteiger partial charge in [0.15, 0.2) is 11.5 Å². The molecule has 0 saturated heterocycles. The van der Waals surface area contributed by atoms with Crippen molar-refractivity contribution in [3.8, 4) is 5.75 Å². The number of ketones is 1. The number of aryl methyl sites for hydroxylation is 1. The number of nitrogens with zero attached hydrogens (tertiary/aromatic N) is 1. The molecule has 0 aromatic heterocycles. The van der Waals surface area contributed by atoms with Crippen LogP contribution in [0.4, 0.5) is 5.69 Å². The predicted molar refractivity (Wildman–Crippen MR) is 109 cm³/mol. The number of benzene rings is 2. The highest BCUT2D eigenvalue weighted by molar-refractivity contribution is 6.31. The second-order valence-corrected chi connectivity index (χ2v) is 7.48. The number of rotatable bonds is 5. The molecule has 1 heterocycles.